The number of thioether (sulfide) groups is 1. The highest BCUT2D eigenvalue weighted by molar-refractivity contribution is 7.99. The smallest absolute Gasteiger partial charge is 0.352 e. The van der Waals surface area contributed by atoms with Gasteiger partial charge in [-0.3, -0.25) is 4.79 Å². The van der Waals surface area contributed by atoms with Gasteiger partial charge in [-0.25, -0.2) is 4.98 Å². The standard InChI is InChI=1S/C22H27F3N2OS/c1-3-29-21-19(20(28)26-12-6-9-15-7-4-5-8-15)14(2)17-11-10-16(22(23,24)25)13-18(17)27-21/h10-11,13,15H,3-9,12H2,1-2H3,(H,26,28). The van der Waals surface area contributed by atoms with Crippen LogP contribution in [0.5, 0.6) is 0 Å². The summed E-state index contributed by atoms with van der Waals surface area (Å²) in [5.74, 6) is 1.27. The molecule has 0 saturated heterocycles. The number of nitrogens with zero attached hydrogens (tertiary/aromatic N) is 1. The minimum absolute atomic E-state index is 0.195. The van der Waals surface area contributed by atoms with Crippen LogP contribution in [-0.4, -0.2) is 23.2 Å². The van der Waals surface area contributed by atoms with Gasteiger partial charge in [0.05, 0.1) is 16.6 Å². The molecule has 3 rings (SSSR count). The van der Waals surface area contributed by atoms with Crippen molar-refractivity contribution in [1.82, 2.24) is 10.3 Å². The first-order chi connectivity index (χ1) is 13.8. The summed E-state index contributed by atoms with van der Waals surface area (Å²) >= 11 is 1.38. The van der Waals surface area contributed by atoms with Gasteiger partial charge in [-0.2, -0.15) is 13.2 Å². The Bertz CT molecular complexity index is 876. The average molecular weight is 425 g/mol. The van der Waals surface area contributed by atoms with E-state index < -0.39 is 11.7 Å². The number of benzene rings is 1. The van der Waals surface area contributed by atoms with Crippen LogP contribution < -0.4 is 5.32 Å². The number of carbonyl (C=O) groups is 1. The van der Waals surface area contributed by atoms with Crippen molar-refractivity contribution in [3.63, 3.8) is 0 Å². The Hall–Kier alpha value is -1.76. The third kappa shape index (κ3) is 5.24. The summed E-state index contributed by atoms with van der Waals surface area (Å²) in [4.78, 5) is 17.3. The second-order valence-electron chi connectivity index (χ2n) is 7.63. The molecule has 1 aliphatic carbocycles. The van der Waals surface area contributed by atoms with Gasteiger partial charge in [0, 0.05) is 11.9 Å². The predicted octanol–water partition coefficient (Wildman–Crippen LogP) is 6.37. The normalized spacial score (nSPS) is 15.2. The molecular formula is C22H27F3N2OS. The van der Waals surface area contributed by atoms with Gasteiger partial charge >= 0.3 is 6.18 Å². The highest BCUT2D eigenvalue weighted by atomic mass is 32.2. The number of hydrogen-bond donors (Lipinski definition) is 1. The lowest BCUT2D eigenvalue weighted by atomic mass is 10.0. The van der Waals surface area contributed by atoms with Crippen LogP contribution >= 0.6 is 11.8 Å². The van der Waals surface area contributed by atoms with Crippen molar-refractivity contribution < 1.29 is 18.0 Å². The summed E-state index contributed by atoms with van der Waals surface area (Å²) in [5, 5.41) is 4.06. The third-order valence-electron chi connectivity index (χ3n) is 5.60. The van der Waals surface area contributed by atoms with Crippen LogP contribution in [-0.2, 0) is 6.18 Å². The minimum atomic E-state index is -4.42. The number of nitrogens with one attached hydrogen (secondary N) is 1. The molecule has 1 aliphatic rings. The summed E-state index contributed by atoms with van der Waals surface area (Å²) in [5.41, 5.74) is 0.692. The number of halogens is 3. The maximum absolute atomic E-state index is 13.1. The molecule has 3 nitrogen and oxygen atoms in total. The number of hydrogen-bond acceptors (Lipinski definition) is 3. The van der Waals surface area contributed by atoms with Crippen LogP contribution in [0.1, 0.15) is 66.9 Å². The zero-order valence-electron chi connectivity index (χ0n) is 16.9. The largest absolute Gasteiger partial charge is 0.416 e. The number of pyridine rings is 1. The maximum Gasteiger partial charge on any atom is 0.416 e. The van der Waals surface area contributed by atoms with Crippen molar-refractivity contribution in [3.8, 4) is 0 Å². The Labute approximate surface area is 173 Å². The second kappa shape index (κ2) is 9.37. The fraction of sp³-hybridized carbons (Fsp3) is 0.545. The lowest BCUT2D eigenvalue weighted by molar-refractivity contribution is -0.137. The molecule has 0 radical (unpaired) electrons. The van der Waals surface area contributed by atoms with E-state index in [1.165, 1.54) is 43.5 Å². The number of aryl methyl sites for hydroxylation is 1. The molecule has 29 heavy (non-hydrogen) atoms. The number of fused-ring (bicyclic) bond motifs is 1. The van der Waals surface area contributed by atoms with Gasteiger partial charge in [0.2, 0.25) is 0 Å². The molecule has 0 aliphatic heterocycles. The van der Waals surface area contributed by atoms with Gasteiger partial charge in [-0.1, -0.05) is 38.7 Å². The number of amides is 1. The van der Waals surface area contributed by atoms with Gasteiger partial charge < -0.3 is 5.32 Å². The number of alkyl halides is 3. The van der Waals surface area contributed by atoms with E-state index in [1.807, 2.05) is 6.92 Å². The molecule has 7 heteroatoms. The summed E-state index contributed by atoms with van der Waals surface area (Å²) < 4.78 is 39.2. The average Bonchev–Trinajstić information content (AvgIpc) is 3.18. The van der Waals surface area contributed by atoms with Crippen LogP contribution in [0.2, 0.25) is 0 Å². The SMILES string of the molecule is CCSc1nc2cc(C(F)(F)F)ccc2c(C)c1C(=O)NCCCC1CCCC1. The molecule has 0 unspecified atom stereocenters. The van der Waals surface area contributed by atoms with Gasteiger partial charge in [-0.05, 0) is 49.1 Å². The van der Waals surface area contributed by atoms with E-state index in [-0.39, 0.29) is 11.4 Å². The second-order valence-corrected chi connectivity index (χ2v) is 8.88. The van der Waals surface area contributed by atoms with Crippen molar-refractivity contribution in [1.29, 1.82) is 0 Å². The van der Waals surface area contributed by atoms with Crippen LogP contribution in [0.3, 0.4) is 0 Å². The molecule has 1 aromatic carbocycles. The molecule has 1 N–H and O–H groups in total. The van der Waals surface area contributed by atoms with Crippen LogP contribution in [0, 0.1) is 12.8 Å². The highest BCUT2D eigenvalue weighted by Gasteiger charge is 2.31. The molecule has 158 valence electrons. The summed E-state index contributed by atoms with van der Waals surface area (Å²) in [7, 11) is 0. The van der Waals surface area contributed by atoms with E-state index >= 15 is 0 Å². The monoisotopic (exact) mass is 424 g/mol. The Balaban J connectivity index is 1.82. The first kappa shape index (κ1) is 21.9. The molecule has 0 bridgehead atoms. The quantitative estimate of drug-likeness (QED) is 0.414. The third-order valence-corrected chi connectivity index (χ3v) is 6.46. The zero-order valence-corrected chi connectivity index (χ0v) is 17.7. The fourth-order valence-electron chi connectivity index (χ4n) is 4.07. The minimum Gasteiger partial charge on any atom is -0.352 e. The molecular weight excluding hydrogens is 397 g/mol. The van der Waals surface area contributed by atoms with E-state index in [9.17, 15) is 18.0 Å². The Morgan fingerprint density at radius 2 is 2.00 bits per heavy atom. The predicted molar refractivity (Wildman–Crippen MR) is 111 cm³/mol. The van der Waals surface area contributed by atoms with Gasteiger partial charge in [0.25, 0.3) is 5.91 Å². The molecule has 2 aromatic rings. The zero-order chi connectivity index (χ0) is 21.0. The number of carbonyl (C=O) groups excluding carboxylic acids is 1. The van der Waals surface area contributed by atoms with E-state index in [2.05, 4.69) is 10.3 Å². The summed E-state index contributed by atoms with van der Waals surface area (Å²) in [6.07, 6.45) is 2.86. The summed E-state index contributed by atoms with van der Waals surface area (Å²) in [6, 6.07) is 3.52. The van der Waals surface area contributed by atoms with Crippen molar-refractivity contribution in [3.05, 3.63) is 34.9 Å². The number of rotatable bonds is 7. The lowest BCUT2D eigenvalue weighted by Gasteiger charge is -2.16. The highest BCUT2D eigenvalue weighted by Crippen LogP contribution is 2.34. The number of aromatic nitrogens is 1. The molecule has 1 saturated carbocycles. The molecule has 1 amide bonds. The van der Waals surface area contributed by atoms with Crippen LogP contribution in [0.4, 0.5) is 13.2 Å². The van der Waals surface area contributed by atoms with Gasteiger partial charge in [-0.15, -0.1) is 11.8 Å². The molecule has 1 aromatic heterocycles. The van der Waals surface area contributed by atoms with E-state index in [0.29, 0.717) is 33.8 Å². The molecule has 1 heterocycles. The summed E-state index contributed by atoms with van der Waals surface area (Å²) in [6.45, 7) is 4.32. The molecule has 0 atom stereocenters. The van der Waals surface area contributed by atoms with Crippen LogP contribution in [0.25, 0.3) is 10.9 Å². The first-order valence-corrected chi connectivity index (χ1v) is 11.2. The Morgan fingerprint density at radius 1 is 1.28 bits per heavy atom. The van der Waals surface area contributed by atoms with Crippen molar-refractivity contribution in [2.24, 2.45) is 5.92 Å². The van der Waals surface area contributed by atoms with E-state index in [0.717, 1.165) is 30.9 Å². The van der Waals surface area contributed by atoms with E-state index in [1.54, 1.807) is 6.92 Å². The van der Waals surface area contributed by atoms with Crippen molar-refractivity contribution in [2.75, 3.05) is 12.3 Å². The van der Waals surface area contributed by atoms with E-state index in [4.69, 9.17) is 0 Å². The maximum atomic E-state index is 13.1. The lowest BCUT2D eigenvalue weighted by Crippen LogP contribution is -2.26. The van der Waals surface area contributed by atoms with Crippen molar-refractivity contribution in [2.45, 2.75) is 63.6 Å². The fourth-order valence-corrected chi connectivity index (χ4v) is 4.89. The van der Waals surface area contributed by atoms with Crippen molar-refractivity contribution >= 4 is 28.6 Å². The Kier molecular flexibility index (Phi) is 7.09. The van der Waals surface area contributed by atoms with Gasteiger partial charge in [0.15, 0.2) is 0 Å². The first-order valence-electron chi connectivity index (χ1n) is 10.2. The molecule has 0 spiro atoms. The molecule has 1 fully saturated rings. The van der Waals surface area contributed by atoms with Crippen LogP contribution in [0.15, 0.2) is 23.2 Å². The van der Waals surface area contributed by atoms with Gasteiger partial charge in [0.1, 0.15) is 5.03 Å². The Morgan fingerprint density at radius 3 is 2.66 bits per heavy atom. The topological polar surface area (TPSA) is 42.0 Å².